The molecule has 1 saturated heterocycles. The summed E-state index contributed by atoms with van der Waals surface area (Å²) in [6, 6.07) is 3.17. The van der Waals surface area contributed by atoms with Crippen molar-refractivity contribution in [1.82, 2.24) is 4.90 Å². The Bertz CT molecular complexity index is 810. The number of likely N-dealkylation sites (tertiary alicyclic amines) is 1. The highest BCUT2D eigenvalue weighted by Gasteiger charge is 2.57. The zero-order valence-electron chi connectivity index (χ0n) is 16.4. The number of piperidine rings is 1. The molecule has 0 aromatic heterocycles. The van der Waals surface area contributed by atoms with E-state index in [0.29, 0.717) is 18.2 Å². The Kier molecular flexibility index (Phi) is 4.02. The molecule has 0 bridgehead atoms. The van der Waals surface area contributed by atoms with Crippen molar-refractivity contribution >= 4 is 17.7 Å². The Hall–Kier alpha value is -2.11. The molecule has 1 saturated carbocycles. The summed E-state index contributed by atoms with van der Waals surface area (Å²) in [7, 11) is 0. The first-order valence-electron chi connectivity index (χ1n) is 9.76. The quantitative estimate of drug-likeness (QED) is 0.786. The average Bonchev–Trinajstić information content (AvgIpc) is 3.31. The van der Waals surface area contributed by atoms with E-state index in [1.165, 1.54) is 6.07 Å². The minimum atomic E-state index is -0.583. The van der Waals surface area contributed by atoms with Crippen LogP contribution in [0.2, 0.25) is 0 Å². The van der Waals surface area contributed by atoms with Crippen molar-refractivity contribution in [2.24, 2.45) is 5.92 Å². The summed E-state index contributed by atoms with van der Waals surface area (Å²) in [5, 5.41) is 2.70. The number of fused-ring (bicyclic) bond motifs is 2. The van der Waals surface area contributed by atoms with Crippen LogP contribution in [0.25, 0.3) is 0 Å². The third-order valence-corrected chi connectivity index (χ3v) is 5.88. The summed E-state index contributed by atoms with van der Waals surface area (Å²) in [4.78, 5) is 26.8. The van der Waals surface area contributed by atoms with Crippen LogP contribution in [-0.2, 0) is 14.9 Å². The molecule has 3 aliphatic rings. The van der Waals surface area contributed by atoms with Gasteiger partial charge < -0.3 is 15.0 Å². The van der Waals surface area contributed by atoms with Crippen molar-refractivity contribution in [3.8, 4) is 0 Å². The summed E-state index contributed by atoms with van der Waals surface area (Å²) < 4.78 is 20.4. The number of rotatable bonds is 1. The van der Waals surface area contributed by atoms with Crippen LogP contribution in [0.4, 0.5) is 14.9 Å². The molecule has 1 N–H and O–H groups in total. The van der Waals surface area contributed by atoms with Crippen LogP contribution in [0.15, 0.2) is 12.1 Å². The fourth-order valence-corrected chi connectivity index (χ4v) is 4.32. The minimum absolute atomic E-state index is 0.102. The van der Waals surface area contributed by atoms with Gasteiger partial charge >= 0.3 is 6.09 Å². The monoisotopic (exact) mass is 374 g/mol. The summed E-state index contributed by atoms with van der Waals surface area (Å²) >= 11 is 0. The van der Waals surface area contributed by atoms with E-state index in [0.717, 1.165) is 36.8 Å². The van der Waals surface area contributed by atoms with E-state index in [1.54, 1.807) is 4.90 Å². The second-order valence-electron chi connectivity index (χ2n) is 9.29. The van der Waals surface area contributed by atoms with Crippen LogP contribution in [0.5, 0.6) is 0 Å². The molecule has 5 nitrogen and oxygen atoms in total. The lowest BCUT2D eigenvalue weighted by molar-refractivity contribution is -0.117. The van der Waals surface area contributed by atoms with Crippen LogP contribution in [0, 0.1) is 11.7 Å². The van der Waals surface area contributed by atoms with Crippen molar-refractivity contribution in [1.29, 1.82) is 0 Å². The molecule has 146 valence electrons. The summed E-state index contributed by atoms with van der Waals surface area (Å²) in [6.07, 6.45) is 2.87. The standard InChI is InChI=1S/C21H27FN2O3/c1-12-5-6-16(24(11-12)19(26)27-20(2,3)4)13-9-14-17(15(22)10-13)23-18(25)21(14)7-8-21/h9-10,12,16H,5-8,11H2,1-4H3,(H,23,25)/t12-,16?/m0/s1. The Morgan fingerprint density at radius 2 is 2.00 bits per heavy atom. The van der Waals surface area contributed by atoms with Gasteiger partial charge in [0, 0.05) is 6.54 Å². The first-order chi connectivity index (χ1) is 12.6. The van der Waals surface area contributed by atoms with Crippen molar-refractivity contribution in [3.05, 3.63) is 29.1 Å². The van der Waals surface area contributed by atoms with E-state index < -0.39 is 16.8 Å². The number of nitrogens with zero attached hydrogens (tertiary/aromatic N) is 1. The SMILES string of the molecule is C[C@H]1CCC(c2cc(F)c3c(c2)C2(CC2)C(=O)N3)N(C(=O)OC(C)(C)C)C1. The largest absolute Gasteiger partial charge is 0.444 e. The fraction of sp³-hybridized carbons (Fsp3) is 0.619. The maximum Gasteiger partial charge on any atom is 0.410 e. The fourth-order valence-electron chi connectivity index (χ4n) is 4.32. The molecule has 2 fully saturated rings. The van der Waals surface area contributed by atoms with E-state index in [-0.39, 0.29) is 18.0 Å². The molecule has 1 aromatic rings. The molecule has 2 atom stereocenters. The maximum atomic E-state index is 14.8. The lowest BCUT2D eigenvalue weighted by Gasteiger charge is -2.39. The molecule has 27 heavy (non-hydrogen) atoms. The van der Waals surface area contributed by atoms with E-state index >= 15 is 0 Å². The molecule has 2 amide bonds. The van der Waals surface area contributed by atoms with Crippen LogP contribution in [-0.4, -0.2) is 29.0 Å². The van der Waals surface area contributed by atoms with Crippen molar-refractivity contribution < 1.29 is 18.7 Å². The van der Waals surface area contributed by atoms with Gasteiger partial charge in [0.1, 0.15) is 11.4 Å². The number of carbonyl (C=O) groups excluding carboxylic acids is 2. The number of carbonyl (C=O) groups is 2. The van der Waals surface area contributed by atoms with Crippen molar-refractivity contribution in [2.45, 2.75) is 70.4 Å². The molecule has 1 aliphatic carbocycles. The first-order valence-corrected chi connectivity index (χ1v) is 9.76. The van der Waals surface area contributed by atoms with Gasteiger partial charge in [-0.3, -0.25) is 4.79 Å². The zero-order valence-corrected chi connectivity index (χ0v) is 16.4. The molecule has 4 rings (SSSR count). The normalized spacial score (nSPS) is 26.0. The van der Waals surface area contributed by atoms with Crippen molar-refractivity contribution in [3.63, 3.8) is 0 Å². The van der Waals surface area contributed by atoms with Gasteiger partial charge in [0.15, 0.2) is 0 Å². The third kappa shape index (κ3) is 3.09. The van der Waals surface area contributed by atoms with Crippen LogP contribution in [0.3, 0.4) is 0 Å². The molecular weight excluding hydrogens is 347 g/mol. The number of amides is 2. The highest BCUT2D eigenvalue weighted by atomic mass is 19.1. The van der Waals surface area contributed by atoms with Crippen LogP contribution >= 0.6 is 0 Å². The summed E-state index contributed by atoms with van der Waals surface area (Å²) in [5.74, 6) is -0.150. The molecule has 1 unspecified atom stereocenters. The van der Waals surface area contributed by atoms with E-state index in [4.69, 9.17) is 4.74 Å². The lowest BCUT2D eigenvalue weighted by atomic mass is 9.87. The number of halogens is 1. The number of benzene rings is 1. The number of hydrogen-bond donors (Lipinski definition) is 1. The third-order valence-electron chi connectivity index (χ3n) is 5.88. The topological polar surface area (TPSA) is 58.6 Å². The highest BCUT2D eigenvalue weighted by Crippen LogP contribution is 2.56. The van der Waals surface area contributed by atoms with Gasteiger partial charge in [-0.1, -0.05) is 13.0 Å². The number of anilines is 1. The van der Waals surface area contributed by atoms with E-state index in [2.05, 4.69) is 12.2 Å². The van der Waals surface area contributed by atoms with Gasteiger partial charge in [-0.15, -0.1) is 0 Å². The van der Waals surface area contributed by atoms with Crippen LogP contribution in [0.1, 0.15) is 70.5 Å². The van der Waals surface area contributed by atoms with Gasteiger partial charge in [0.25, 0.3) is 0 Å². The van der Waals surface area contributed by atoms with Crippen molar-refractivity contribution in [2.75, 3.05) is 11.9 Å². The Morgan fingerprint density at radius 1 is 1.30 bits per heavy atom. The first kappa shape index (κ1) is 18.3. The molecule has 2 heterocycles. The number of ether oxygens (including phenoxy) is 1. The molecule has 2 aliphatic heterocycles. The molecule has 1 spiro atoms. The molecule has 6 heteroatoms. The minimum Gasteiger partial charge on any atom is -0.444 e. The molecule has 1 aromatic carbocycles. The number of nitrogens with one attached hydrogen (secondary N) is 1. The Labute approximate surface area is 159 Å². The lowest BCUT2D eigenvalue weighted by Crippen LogP contribution is -2.44. The highest BCUT2D eigenvalue weighted by molar-refractivity contribution is 6.08. The zero-order chi connectivity index (χ0) is 19.6. The van der Waals surface area contributed by atoms with Gasteiger partial charge in [-0.05, 0) is 69.6 Å². The summed E-state index contributed by atoms with van der Waals surface area (Å²) in [5.41, 5.74) is 0.691. The second-order valence-corrected chi connectivity index (χ2v) is 9.29. The maximum absolute atomic E-state index is 14.8. The van der Waals surface area contributed by atoms with Gasteiger partial charge in [0.2, 0.25) is 5.91 Å². The Morgan fingerprint density at radius 3 is 2.63 bits per heavy atom. The van der Waals surface area contributed by atoms with Gasteiger partial charge in [0.05, 0.1) is 17.1 Å². The van der Waals surface area contributed by atoms with Gasteiger partial charge in [-0.25, -0.2) is 9.18 Å². The molecule has 0 radical (unpaired) electrons. The second kappa shape index (κ2) is 5.94. The predicted octanol–water partition coefficient (Wildman–Crippen LogP) is 4.52. The van der Waals surface area contributed by atoms with E-state index in [9.17, 15) is 14.0 Å². The average molecular weight is 374 g/mol. The van der Waals surface area contributed by atoms with Gasteiger partial charge in [-0.2, -0.15) is 0 Å². The van der Waals surface area contributed by atoms with E-state index in [1.807, 2.05) is 26.8 Å². The Balaban J connectivity index is 1.69. The smallest absolute Gasteiger partial charge is 0.410 e. The number of hydrogen-bond acceptors (Lipinski definition) is 3. The predicted molar refractivity (Wildman–Crippen MR) is 100 cm³/mol. The van der Waals surface area contributed by atoms with Crippen LogP contribution < -0.4 is 5.32 Å². The summed E-state index contributed by atoms with van der Waals surface area (Å²) in [6.45, 7) is 8.22. The molecular formula is C21H27FN2O3.